The number of ether oxygens (including phenoxy) is 1. The number of hydrogen-bond donors (Lipinski definition) is 2. The second-order valence-corrected chi connectivity index (χ2v) is 3.25. The second-order valence-electron chi connectivity index (χ2n) is 3.25. The minimum Gasteiger partial charge on any atom is -0.368 e. The van der Waals surface area contributed by atoms with Crippen LogP contribution in [0.1, 0.15) is 19.3 Å². The molecule has 2 N–H and O–H groups in total. The fourth-order valence-electron chi connectivity index (χ4n) is 1.37. The predicted octanol–water partition coefficient (Wildman–Crippen LogP) is -0.109. The van der Waals surface area contributed by atoms with Crippen molar-refractivity contribution in [2.75, 3.05) is 26.7 Å². The Labute approximate surface area is 79.0 Å². The van der Waals surface area contributed by atoms with Crippen molar-refractivity contribution < 1.29 is 9.53 Å². The molecule has 1 heterocycles. The maximum atomic E-state index is 11.4. The van der Waals surface area contributed by atoms with Crippen LogP contribution in [-0.4, -0.2) is 38.8 Å². The van der Waals surface area contributed by atoms with E-state index in [4.69, 9.17) is 4.74 Å². The second kappa shape index (κ2) is 5.94. The highest BCUT2D eigenvalue weighted by Gasteiger charge is 2.20. The fourth-order valence-corrected chi connectivity index (χ4v) is 1.37. The van der Waals surface area contributed by atoms with E-state index in [2.05, 4.69) is 10.6 Å². The summed E-state index contributed by atoms with van der Waals surface area (Å²) in [6.45, 7) is 2.21. The van der Waals surface area contributed by atoms with Crippen LogP contribution in [0.5, 0.6) is 0 Å². The molecule has 1 atom stereocenters. The van der Waals surface area contributed by atoms with Crippen molar-refractivity contribution in [3.05, 3.63) is 0 Å². The first-order chi connectivity index (χ1) is 6.34. The van der Waals surface area contributed by atoms with Crippen LogP contribution in [0.15, 0.2) is 0 Å². The molecule has 13 heavy (non-hydrogen) atoms. The Morgan fingerprint density at radius 3 is 2.92 bits per heavy atom. The van der Waals surface area contributed by atoms with Gasteiger partial charge in [0.1, 0.15) is 6.10 Å². The van der Waals surface area contributed by atoms with Gasteiger partial charge in [-0.2, -0.15) is 0 Å². The smallest absolute Gasteiger partial charge is 0.249 e. The van der Waals surface area contributed by atoms with Crippen molar-refractivity contribution in [3.63, 3.8) is 0 Å². The van der Waals surface area contributed by atoms with Gasteiger partial charge in [-0.3, -0.25) is 4.79 Å². The monoisotopic (exact) mass is 186 g/mol. The molecule has 0 aromatic heterocycles. The molecule has 1 unspecified atom stereocenters. The Bertz CT molecular complexity index is 156. The third kappa shape index (κ3) is 3.74. The molecule has 1 fully saturated rings. The Hall–Kier alpha value is -0.610. The molecule has 1 aliphatic rings. The van der Waals surface area contributed by atoms with Crippen LogP contribution in [0.4, 0.5) is 0 Å². The van der Waals surface area contributed by atoms with Crippen LogP contribution in [0, 0.1) is 0 Å². The summed E-state index contributed by atoms with van der Waals surface area (Å²) in [4.78, 5) is 11.4. The molecular formula is C9H18N2O2. The largest absolute Gasteiger partial charge is 0.368 e. The van der Waals surface area contributed by atoms with Crippen molar-refractivity contribution in [1.29, 1.82) is 0 Å². The van der Waals surface area contributed by atoms with Gasteiger partial charge in [-0.05, 0) is 26.3 Å². The molecule has 1 amide bonds. The lowest BCUT2D eigenvalue weighted by atomic mass is 10.1. The first-order valence-corrected chi connectivity index (χ1v) is 4.88. The lowest BCUT2D eigenvalue weighted by molar-refractivity contribution is -0.135. The molecule has 76 valence electrons. The molecule has 0 spiro atoms. The lowest BCUT2D eigenvalue weighted by Gasteiger charge is -2.21. The van der Waals surface area contributed by atoms with Gasteiger partial charge in [0.2, 0.25) is 5.91 Å². The SMILES string of the molecule is CNCCNC(=O)C1CCCCO1. The number of carbonyl (C=O) groups is 1. The Kier molecular flexibility index (Phi) is 4.78. The molecule has 0 saturated carbocycles. The van der Waals surface area contributed by atoms with E-state index in [0.29, 0.717) is 6.54 Å². The van der Waals surface area contributed by atoms with Crippen molar-refractivity contribution >= 4 is 5.91 Å². The molecule has 0 aliphatic carbocycles. The van der Waals surface area contributed by atoms with E-state index in [0.717, 1.165) is 32.4 Å². The minimum atomic E-state index is -0.203. The number of nitrogens with one attached hydrogen (secondary N) is 2. The molecule has 4 heteroatoms. The molecule has 0 radical (unpaired) electrons. The highest BCUT2D eigenvalue weighted by Crippen LogP contribution is 2.12. The third-order valence-electron chi connectivity index (χ3n) is 2.15. The van der Waals surface area contributed by atoms with Crippen molar-refractivity contribution in [2.45, 2.75) is 25.4 Å². The zero-order valence-electron chi connectivity index (χ0n) is 8.14. The Balaban J connectivity index is 2.13. The molecule has 0 aromatic rings. The molecule has 1 saturated heterocycles. The minimum absolute atomic E-state index is 0.0370. The van der Waals surface area contributed by atoms with Gasteiger partial charge in [-0.25, -0.2) is 0 Å². The molecule has 0 aromatic carbocycles. The van der Waals surface area contributed by atoms with E-state index >= 15 is 0 Å². The molecule has 1 aliphatic heterocycles. The maximum absolute atomic E-state index is 11.4. The summed E-state index contributed by atoms with van der Waals surface area (Å²) in [5, 5.41) is 5.80. The van der Waals surface area contributed by atoms with Gasteiger partial charge in [-0.15, -0.1) is 0 Å². The topological polar surface area (TPSA) is 50.4 Å². The predicted molar refractivity (Wildman–Crippen MR) is 50.5 cm³/mol. The van der Waals surface area contributed by atoms with Crippen LogP contribution < -0.4 is 10.6 Å². The fraction of sp³-hybridized carbons (Fsp3) is 0.889. The van der Waals surface area contributed by atoms with E-state index in [-0.39, 0.29) is 12.0 Å². The normalized spacial score (nSPS) is 22.7. The number of likely N-dealkylation sites (N-methyl/N-ethyl adjacent to an activating group) is 1. The van der Waals surface area contributed by atoms with Crippen LogP contribution in [-0.2, 0) is 9.53 Å². The Morgan fingerprint density at radius 2 is 2.31 bits per heavy atom. The van der Waals surface area contributed by atoms with Gasteiger partial charge in [0.05, 0.1) is 0 Å². The average molecular weight is 186 g/mol. The molecule has 4 nitrogen and oxygen atoms in total. The van der Waals surface area contributed by atoms with Crippen LogP contribution >= 0.6 is 0 Å². The zero-order chi connectivity index (χ0) is 9.52. The summed E-state index contributed by atoms with van der Waals surface area (Å²) in [6.07, 6.45) is 2.85. The van der Waals surface area contributed by atoms with E-state index in [1.165, 1.54) is 0 Å². The van der Waals surface area contributed by atoms with E-state index < -0.39 is 0 Å². The number of amides is 1. The van der Waals surface area contributed by atoms with E-state index in [1.54, 1.807) is 0 Å². The highest BCUT2D eigenvalue weighted by molar-refractivity contribution is 5.80. The number of rotatable bonds is 4. The summed E-state index contributed by atoms with van der Waals surface area (Å²) >= 11 is 0. The van der Waals surface area contributed by atoms with E-state index in [9.17, 15) is 4.79 Å². The van der Waals surface area contributed by atoms with Gasteiger partial charge in [0.25, 0.3) is 0 Å². The van der Waals surface area contributed by atoms with Gasteiger partial charge < -0.3 is 15.4 Å². The van der Waals surface area contributed by atoms with Gasteiger partial charge >= 0.3 is 0 Å². The molecule has 0 bridgehead atoms. The first-order valence-electron chi connectivity index (χ1n) is 4.88. The number of hydrogen-bond acceptors (Lipinski definition) is 3. The van der Waals surface area contributed by atoms with Gasteiger partial charge in [0.15, 0.2) is 0 Å². The summed E-state index contributed by atoms with van der Waals surface area (Å²) in [5.74, 6) is 0.0370. The van der Waals surface area contributed by atoms with Crippen LogP contribution in [0.3, 0.4) is 0 Å². The summed E-state index contributed by atoms with van der Waals surface area (Å²) < 4.78 is 5.34. The lowest BCUT2D eigenvalue weighted by Crippen LogP contribution is -2.40. The standard InChI is InChI=1S/C9H18N2O2/c1-10-5-6-11-9(12)8-4-2-3-7-13-8/h8,10H,2-7H2,1H3,(H,11,12). The maximum Gasteiger partial charge on any atom is 0.249 e. The van der Waals surface area contributed by atoms with Crippen molar-refractivity contribution in [3.8, 4) is 0 Å². The molecule has 1 rings (SSSR count). The van der Waals surface area contributed by atoms with Crippen molar-refractivity contribution in [1.82, 2.24) is 10.6 Å². The Morgan fingerprint density at radius 1 is 1.46 bits per heavy atom. The highest BCUT2D eigenvalue weighted by atomic mass is 16.5. The summed E-state index contributed by atoms with van der Waals surface area (Å²) in [5.41, 5.74) is 0. The summed E-state index contributed by atoms with van der Waals surface area (Å²) in [7, 11) is 1.86. The zero-order valence-corrected chi connectivity index (χ0v) is 8.14. The molecular weight excluding hydrogens is 168 g/mol. The quantitative estimate of drug-likeness (QED) is 0.602. The average Bonchev–Trinajstić information content (AvgIpc) is 2.19. The van der Waals surface area contributed by atoms with Gasteiger partial charge in [0, 0.05) is 19.7 Å². The van der Waals surface area contributed by atoms with E-state index in [1.807, 2.05) is 7.05 Å². The van der Waals surface area contributed by atoms with Crippen LogP contribution in [0.2, 0.25) is 0 Å². The van der Waals surface area contributed by atoms with Crippen LogP contribution in [0.25, 0.3) is 0 Å². The van der Waals surface area contributed by atoms with Gasteiger partial charge in [-0.1, -0.05) is 0 Å². The third-order valence-corrected chi connectivity index (χ3v) is 2.15. The number of carbonyl (C=O) groups excluding carboxylic acids is 1. The first kappa shape index (κ1) is 10.5. The van der Waals surface area contributed by atoms with Crippen molar-refractivity contribution in [2.24, 2.45) is 0 Å². The summed E-state index contributed by atoms with van der Waals surface area (Å²) in [6, 6.07) is 0.